The van der Waals surface area contributed by atoms with Crippen LogP contribution in [0.15, 0.2) is 23.8 Å². The lowest BCUT2D eigenvalue weighted by molar-refractivity contribution is 0.298. The highest BCUT2D eigenvalue weighted by Crippen LogP contribution is 2.36. The van der Waals surface area contributed by atoms with E-state index >= 15 is 0 Å². The molecule has 0 fully saturated rings. The average Bonchev–Trinajstić information content (AvgIpc) is 1.96. The Labute approximate surface area is 88.1 Å². The van der Waals surface area contributed by atoms with Crippen molar-refractivity contribution in [2.24, 2.45) is 11.1 Å². The summed E-state index contributed by atoms with van der Waals surface area (Å²) in [5.41, 5.74) is 9.19. The maximum atomic E-state index is 6.01. The Bertz CT molecular complexity index is 248. The Morgan fingerprint density at radius 3 is 2.79 bits per heavy atom. The van der Waals surface area contributed by atoms with E-state index in [9.17, 15) is 0 Å². The lowest BCUT2D eigenvalue weighted by Crippen LogP contribution is -2.30. The maximum absolute atomic E-state index is 6.01. The fourth-order valence-electron chi connectivity index (χ4n) is 2.29. The summed E-state index contributed by atoms with van der Waals surface area (Å²) in [6, 6.07) is 0.263. The second-order valence-corrected chi connectivity index (χ2v) is 5.49. The Kier molecular flexibility index (Phi) is 3.54. The highest BCUT2D eigenvalue weighted by Gasteiger charge is 2.26. The van der Waals surface area contributed by atoms with Crippen LogP contribution in [-0.2, 0) is 0 Å². The quantitative estimate of drug-likeness (QED) is 0.683. The third-order valence-corrected chi connectivity index (χ3v) is 2.82. The van der Waals surface area contributed by atoms with E-state index in [4.69, 9.17) is 5.73 Å². The third-order valence-electron chi connectivity index (χ3n) is 2.82. The summed E-state index contributed by atoms with van der Waals surface area (Å²) in [6.07, 6.45) is 6.83. The standard InChI is InChI=1S/C13H23N/c1-10(2)5-6-11-7-12(14)9-13(3,4)8-11/h7,12H,1,5-6,8-9,14H2,2-4H3. The van der Waals surface area contributed by atoms with E-state index in [2.05, 4.69) is 33.4 Å². The van der Waals surface area contributed by atoms with Gasteiger partial charge >= 0.3 is 0 Å². The molecule has 0 saturated heterocycles. The number of nitrogens with two attached hydrogens (primary N) is 1. The molecule has 80 valence electrons. The zero-order chi connectivity index (χ0) is 10.8. The van der Waals surface area contributed by atoms with Crippen LogP contribution in [0, 0.1) is 5.41 Å². The molecular formula is C13H23N. The Hall–Kier alpha value is -0.560. The average molecular weight is 193 g/mol. The van der Waals surface area contributed by atoms with Gasteiger partial charge in [0.25, 0.3) is 0 Å². The summed E-state index contributed by atoms with van der Waals surface area (Å²) in [6.45, 7) is 10.6. The first-order valence-corrected chi connectivity index (χ1v) is 5.48. The molecule has 0 radical (unpaired) electrons. The molecule has 0 aliphatic heterocycles. The number of hydrogen-bond acceptors (Lipinski definition) is 1. The monoisotopic (exact) mass is 193 g/mol. The molecule has 1 aliphatic rings. The molecule has 0 saturated carbocycles. The van der Waals surface area contributed by atoms with E-state index in [0.717, 1.165) is 19.3 Å². The van der Waals surface area contributed by atoms with E-state index in [1.54, 1.807) is 0 Å². The van der Waals surface area contributed by atoms with Crippen LogP contribution in [-0.4, -0.2) is 6.04 Å². The summed E-state index contributed by atoms with van der Waals surface area (Å²) in [4.78, 5) is 0. The molecule has 0 heterocycles. The topological polar surface area (TPSA) is 26.0 Å². The van der Waals surface area contributed by atoms with Crippen LogP contribution in [0.2, 0.25) is 0 Å². The van der Waals surface area contributed by atoms with E-state index in [-0.39, 0.29) is 6.04 Å². The molecule has 2 N–H and O–H groups in total. The van der Waals surface area contributed by atoms with Crippen molar-refractivity contribution >= 4 is 0 Å². The molecule has 1 aliphatic carbocycles. The highest BCUT2D eigenvalue weighted by molar-refractivity contribution is 5.15. The predicted octanol–water partition coefficient (Wildman–Crippen LogP) is 3.42. The molecule has 0 spiro atoms. The van der Waals surface area contributed by atoms with Crippen molar-refractivity contribution in [2.75, 3.05) is 0 Å². The minimum Gasteiger partial charge on any atom is -0.324 e. The van der Waals surface area contributed by atoms with Gasteiger partial charge in [0.15, 0.2) is 0 Å². The zero-order valence-electron chi connectivity index (χ0n) is 9.77. The molecule has 1 atom stereocenters. The van der Waals surface area contributed by atoms with E-state index in [1.165, 1.54) is 17.6 Å². The van der Waals surface area contributed by atoms with Crippen molar-refractivity contribution in [2.45, 2.75) is 52.5 Å². The van der Waals surface area contributed by atoms with Crippen LogP contribution in [0.3, 0.4) is 0 Å². The van der Waals surface area contributed by atoms with Crippen LogP contribution >= 0.6 is 0 Å². The van der Waals surface area contributed by atoms with Crippen LogP contribution in [0.1, 0.15) is 46.5 Å². The van der Waals surface area contributed by atoms with Crippen molar-refractivity contribution < 1.29 is 0 Å². The lowest BCUT2D eigenvalue weighted by Gasteiger charge is -2.33. The largest absolute Gasteiger partial charge is 0.324 e. The minimum absolute atomic E-state index is 0.263. The van der Waals surface area contributed by atoms with Crippen LogP contribution < -0.4 is 5.73 Å². The maximum Gasteiger partial charge on any atom is 0.0231 e. The van der Waals surface area contributed by atoms with Crippen LogP contribution in [0.5, 0.6) is 0 Å². The normalized spacial score (nSPS) is 25.7. The first-order chi connectivity index (χ1) is 6.39. The van der Waals surface area contributed by atoms with Gasteiger partial charge in [-0.15, -0.1) is 6.58 Å². The Morgan fingerprint density at radius 2 is 2.29 bits per heavy atom. The smallest absolute Gasteiger partial charge is 0.0231 e. The molecular weight excluding hydrogens is 170 g/mol. The van der Waals surface area contributed by atoms with Crippen molar-refractivity contribution in [1.29, 1.82) is 0 Å². The molecule has 1 heteroatoms. The summed E-state index contributed by atoms with van der Waals surface area (Å²) in [7, 11) is 0. The molecule has 0 aromatic carbocycles. The second kappa shape index (κ2) is 4.31. The van der Waals surface area contributed by atoms with Crippen molar-refractivity contribution in [1.82, 2.24) is 0 Å². The number of rotatable bonds is 3. The molecule has 1 rings (SSSR count). The first kappa shape index (κ1) is 11.5. The second-order valence-electron chi connectivity index (χ2n) is 5.49. The Balaban J connectivity index is 2.56. The van der Waals surface area contributed by atoms with Gasteiger partial charge in [-0.25, -0.2) is 0 Å². The van der Waals surface area contributed by atoms with Crippen molar-refractivity contribution in [3.05, 3.63) is 23.8 Å². The molecule has 0 aromatic rings. The van der Waals surface area contributed by atoms with E-state index in [1.807, 2.05) is 0 Å². The van der Waals surface area contributed by atoms with Gasteiger partial charge in [0.1, 0.15) is 0 Å². The van der Waals surface area contributed by atoms with Gasteiger partial charge in [0.2, 0.25) is 0 Å². The van der Waals surface area contributed by atoms with Gasteiger partial charge in [-0.2, -0.15) is 0 Å². The molecule has 14 heavy (non-hydrogen) atoms. The minimum atomic E-state index is 0.263. The lowest BCUT2D eigenvalue weighted by atomic mass is 9.74. The Morgan fingerprint density at radius 1 is 1.64 bits per heavy atom. The van der Waals surface area contributed by atoms with Crippen LogP contribution in [0.25, 0.3) is 0 Å². The van der Waals surface area contributed by atoms with Crippen molar-refractivity contribution in [3.63, 3.8) is 0 Å². The SMILES string of the molecule is C=C(C)CCC1=CC(N)CC(C)(C)C1. The summed E-state index contributed by atoms with van der Waals surface area (Å²) < 4.78 is 0. The summed E-state index contributed by atoms with van der Waals surface area (Å²) >= 11 is 0. The van der Waals surface area contributed by atoms with Gasteiger partial charge in [0.05, 0.1) is 0 Å². The predicted molar refractivity (Wildman–Crippen MR) is 63.1 cm³/mol. The number of allylic oxidation sites excluding steroid dienone is 2. The summed E-state index contributed by atoms with van der Waals surface area (Å²) in [5.74, 6) is 0. The molecule has 1 nitrogen and oxygen atoms in total. The van der Waals surface area contributed by atoms with Gasteiger partial charge in [-0.1, -0.05) is 31.1 Å². The van der Waals surface area contributed by atoms with E-state index in [0.29, 0.717) is 5.41 Å². The highest BCUT2D eigenvalue weighted by atomic mass is 14.6. The zero-order valence-corrected chi connectivity index (χ0v) is 9.77. The van der Waals surface area contributed by atoms with Gasteiger partial charge < -0.3 is 5.73 Å². The van der Waals surface area contributed by atoms with Gasteiger partial charge in [0, 0.05) is 6.04 Å². The third kappa shape index (κ3) is 3.67. The molecule has 1 unspecified atom stereocenters. The van der Waals surface area contributed by atoms with Crippen LogP contribution in [0.4, 0.5) is 0 Å². The molecule has 0 amide bonds. The number of hydrogen-bond donors (Lipinski definition) is 1. The summed E-state index contributed by atoms with van der Waals surface area (Å²) in [5, 5.41) is 0. The first-order valence-electron chi connectivity index (χ1n) is 5.48. The van der Waals surface area contributed by atoms with Gasteiger partial charge in [-0.05, 0) is 38.0 Å². The van der Waals surface area contributed by atoms with Gasteiger partial charge in [-0.3, -0.25) is 0 Å². The van der Waals surface area contributed by atoms with E-state index < -0.39 is 0 Å². The fraction of sp³-hybridized carbons (Fsp3) is 0.692. The molecule has 0 bridgehead atoms. The molecule has 0 aromatic heterocycles. The van der Waals surface area contributed by atoms with Crippen molar-refractivity contribution in [3.8, 4) is 0 Å². The fourth-order valence-corrected chi connectivity index (χ4v) is 2.29.